The molecule has 1 N–H and O–H groups in total. The van der Waals surface area contributed by atoms with Gasteiger partial charge in [-0.25, -0.2) is 9.59 Å². The number of carboxylic acid groups (broad SMARTS) is 1. The van der Waals surface area contributed by atoms with Gasteiger partial charge in [0.2, 0.25) is 0 Å². The lowest BCUT2D eigenvalue weighted by molar-refractivity contribution is 0.0687. The number of carboxylic acids is 1. The molecule has 1 aromatic carbocycles. The molecule has 0 spiro atoms. The molecule has 0 fully saturated rings. The molecule has 0 bridgehead atoms. The molecule has 0 aliphatic heterocycles. The molecule has 0 atom stereocenters. The van der Waals surface area contributed by atoms with Gasteiger partial charge in [0.25, 0.3) is 0 Å². The lowest BCUT2D eigenvalue weighted by Gasteiger charge is -2.05. The lowest BCUT2D eigenvalue weighted by atomic mass is 10.3. The Morgan fingerprint density at radius 3 is 2.55 bits per heavy atom. The number of ether oxygens (including phenoxy) is 2. The van der Waals surface area contributed by atoms with E-state index >= 15 is 0 Å². The molecule has 104 valence electrons. The molecule has 0 saturated heterocycles. The summed E-state index contributed by atoms with van der Waals surface area (Å²) in [5.74, 6) is -1.05. The Bertz CT molecular complexity index is 663. The highest BCUT2D eigenvalue weighted by atomic mass is 16.5. The van der Waals surface area contributed by atoms with Crippen molar-refractivity contribution in [3.05, 3.63) is 41.7 Å². The van der Waals surface area contributed by atoms with E-state index in [0.29, 0.717) is 11.5 Å². The minimum Gasteiger partial charge on any atom is -0.497 e. The standard InChI is InChI=1S/C13H12N2O5/c1-15-11(7-10(14-15)12(16)17)13(18)20-9-5-3-4-8(6-9)19-2/h3-7H,1-2H3,(H,16,17). The fourth-order valence-corrected chi connectivity index (χ4v) is 1.59. The van der Waals surface area contributed by atoms with E-state index in [0.717, 1.165) is 10.7 Å². The summed E-state index contributed by atoms with van der Waals surface area (Å²) in [7, 11) is 2.97. The maximum Gasteiger partial charge on any atom is 0.362 e. The summed E-state index contributed by atoms with van der Waals surface area (Å²) in [5.41, 5.74) is -0.171. The van der Waals surface area contributed by atoms with Gasteiger partial charge in [-0.05, 0) is 12.1 Å². The van der Waals surface area contributed by atoms with Gasteiger partial charge in [0.1, 0.15) is 17.2 Å². The van der Waals surface area contributed by atoms with E-state index in [-0.39, 0.29) is 11.4 Å². The number of benzene rings is 1. The number of carbonyl (C=O) groups is 2. The van der Waals surface area contributed by atoms with Crippen LogP contribution in [0.1, 0.15) is 21.0 Å². The number of methoxy groups -OCH3 is 1. The van der Waals surface area contributed by atoms with Crippen LogP contribution in [0.3, 0.4) is 0 Å². The zero-order valence-corrected chi connectivity index (χ0v) is 10.9. The molecule has 0 radical (unpaired) electrons. The van der Waals surface area contributed by atoms with Crippen LogP contribution in [0.5, 0.6) is 11.5 Å². The van der Waals surface area contributed by atoms with Crippen molar-refractivity contribution in [1.29, 1.82) is 0 Å². The Balaban J connectivity index is 2.21. The first-order chi connectivity index (χ1) is 9.51. The van der Waals surface area contributed by atoms with Gasteiger partial charge in [-0.1, -0.05) is 6.07 Å². The zero-order chi connectivity index (χ0) is 14.7. The molecular formula is C13H12N2O5. The molecule has 0 unspecified atom stereocenters. The van der Waals surface area contributed by atoms with Crippen LogP contribution in [0.4, 0.5) is 0 Å². The summed E-state index contributed by atoms with van der Waals surface area (Å²) < 4.78 is 11.3. The third-order valence-electron chi connectivity index (χ3n) is 2.56. The monoisotopic (exact) mass is 276 g/mol. The number of carbonyl (C=O) groups excluding carboxylic acids is 1. The molecule has 0 aliphatic carbocycles. The highest BCUT2D eigenvalue weighted by Gasteiger charge is 2.18. The normalized spacial score (nSPS) is 10.1. The number of nitrogens with zero attached hydrogens (tertiary/aromatic N) is 2. The fourth-order valence-electron chi connectivity index (χ4n) is 1.59. The first kappa shape index (κ1) is 13.6. The van der Waals surface area contributed by atoms with E-state index in [4.69, 9.17) is 14.6 Å². The van der Waals surface area contributed by atoms with Gasteiger partial charge in [0.05, 0.1) is 7.11 Å². The SMILES string of the molecule is COc1cccc(OC(=O)c2cc(C(=O)O)nn2C)c1. The Labute approximate surface area is 114 Å². The number of esters is 1. The van der Waals surface area contributed by atoms with E-state index in [1.54, 1.807) is 24.3 Å². The van der Waals surface area contributed by atoms with E-state index in [9.17, 15) is 9.59 Å². The third kappa shape index (κ3) is 2.77. The maximum absolute atomic E-state index is 12.0. The van der Waals surface area contributed by atoms with Crippen molar-refractivity contribution in [2.45, 2.75) is 0 Å². The summed E-state index contributed by atoms with van der Waals surface area (Å²) in [6.07, 6.45) is 0. The minimum atomic E-state index is -1.21. The zero-order valence-electron chi connectivity index (χ0n) is 10.9. The second kappa shape index (κ2) is 5.43. The van der Waals surface area contributed by atoms with Crippen molar-refractivity contribution >= 4 is 11.9 Å². The third-order valence-corrected chi connectivity index (χ3v) is 2.56. The van der Waals surface area contributed by atoms with Gasteiger partial charge in [0.15, 0.2) is 5.69 Å². The predicted octanol–water partition coefficient (Wildman–Crippen LogP) is 1.35. The first-order valence-corrected chi connectivity index (χ1v) is 5.65. The van der Waals surface area contributed by atoms with Crippen LogP contribution in [0.2, 0.25) is 0 Å². The van der Waals surface area contributed by atoms with Crippen LogP contribution in [0, 0.1) is 0 Å². The van der Waals surface area contributed by atoms with Crippen LogP contribution in [-0.2, 0) is 7.05 Å². The number of aryl methyl sites for hydroxylation is 1. The predicted molar refractivity (Wildman–Crippen MR) is 68.1 cm³/mol. The Morgan fingerprint density at radius 2 is 1.95 bits per heavy atom. The van der Waals surface area contributed by atoms with E-state index in [2.05, 4.69) is 5.10 Å². The second-order valence-corrected chi connectivity index (χ2v) is 3.91. The molecule has 20 heavy (non-hydrogen) atoms. The highest BCUT2D eigenvalue weighted by Crippen LogP contribution is 2.20. The van der Waals surface area contributed by atoms with Crippen molar-refractivity contribution in [2.75, 3.05) is 7.11 Å². The van der Waals surface area contributed by atoms with Crippen LogP contribution < -0.4 is 9.47 Å². The summed E-state index contributed by atoms with van der Waals surface area (Å²) in [5, 5.41) is 12.5. The van der Waals surface area contributed by atoms with Crippen LogP contribution in [0.25, 0.3) is 0 Å². The van der Waals surface area contributed by atoms with Gasteiger partial charge in [-0.15, -0.1) is 0 Å². The average molecular weight is 276 g/mol. The highest BCUT2D eigenvalue weighted by molar-refractivity contribution is 5.93. The largest absolute Gasteiger partial charge is 0.497 e. The lowest BCUT2D eigenvalue weighted by Crippen LogP contribution is -2.13. The van der Waals surface area contributed by atoms with E-state index in [1.165, 1.54) is 14.2 Å². The van der Waals surface area contributed by atoms with Crippen LogP contribution >= 0.6 is 0 Å². The topological polar surface area (TPSA) is 90.7 Å². The number of rotatable bonds is 4. The van der Waals surface area contributed by atoms with E-state index < -0.39 is 11.9 Å². The molecular weight excluding hydrogens is 264 g/mol. The smallest absolute Gasteiger partial charge is 0.362 e. The van der Waals surface area contributed by atoms with Gasteiger partial charge in [-0.2, -0.15) is 5.10 Å². The molecule has 2 rings (SSSR count). The second-order valence-electron chi connectivity index (χ2n) is 3.91. The summed E-state index contributed by atoms with van der Waals surface area (Å²) in [6.45, 7) is 0. The molecule has 1 heterocycles. The molecule has 0 aliphatic rings. The Morgan fingerprint density at radius 1 is 1.25 bits per heavy atom. The number of aromatic nitrogens is 2. The van der Waals surface area contributed by atoms with E-state index in [1.807, 2.05) is 0 Å². The molecule has 0 amide bonds. The summed E-state index contributed by atoms with van der Waals surface area (Å²) in [6, 6.07) is 7.68. The number of hydrogen-bond donors (Lipinski definition) is 1. The van der Waals surface area contributed by atoms with Crippen LogP contribution in [-0.4, -0.2) is 33.9 Å². The molecule has 7 heteroatoms. The van der Waals surface area contributed by atoms with Crippen molar-refractivity contribution in [1.82, 2.24) is 9.78 Å². The summed E-state index contributed by atoms with van der Waals surface area (Å²) >= 11 is 0. The van der Waals surface area contributed by atoms with Gasteiger partial charge in [-0.3, -0.25) is 4.68 Å². The quantitative estimate of drug-likeness (QED) is 0.669. The summed E-state index contributed by atoms with van der Waals surface area (Å²) in [4.78, 5) is 22.7. The van der Waals surface area contributed by atoms with Crippen molar-refractivity contribution in [2.24, 2.45) is 7.05 Å². The van der Waals surface area contributed by atoms with Crippen molar-refractivity contribution in [3.63, 3.8) is 0 Å². The van der Waals surface area contributed by atoms with Gasteiger partial charge in [0, 0.05) is 19.2 Å². The Hall–Kier alpha value is -2.83. The fraction of sp³-hybridized carbons (Fsp3) is 0.154. The molecule has 2 aromatic rings. The number of aromatic carboxylic acids is 1. The van der Waals surface area contributed by atoms with Crippen LogP contribution in [0.15, 0.2) is 30.3 Å². The minimum absolute atomic E-state index is 0.0465. The number of hydrogen-bond acceptors (Lipinski definition) is 5. The van der Waals surface area contributed by atoms with Crippen molar-refractivity contribution < 1.29 is 24.2 Å². The molecule has 7 nitrogen and oxygen atoms in total. The van der Waals surface area contributed by atoms with Gasteiger partial charge >= 0.3 is 11.9 Å². The van der Waals surface area contributed by atoms with Crippen molar-refractivity contribution in [3.8, 4) is 11.5 Å². The molecule has 0 saturated carbocycles. The maximum atomic E-state index is 12.0. The first-order valence-electron chi connectivity index (χ1n) is 5.65. The average Bonchev–Trinajstić information content (AvgIpc) is 2.81. The molecule has 1 aromatic heterocycles. The van der Waals surface area contributed by atoms with Gasteiger partial charge < -0.3 is 14.6 Å². The Kier molecular flexibility index (Phi) is 3.69.